The number of ether oxygens (including phenoxy) is 1. The smallest absolute Gasteiger partial charge is 0.251 e. The fraction of sp³-hybridized carbons (Fsp3) is 0.476. The van der Waals surface area contributed by atoms with Crippen molar-refractivity contribution in [3.05, 3.63) is 52.2 Å². The van der Waals surface area contributed by atoms with E-state index in [9.17, 15) is 4.79 Å². The van der Waals surface area contributed by atoms with Crippen LogP contribution in [0.3, 0.4) is 0 Å². The second-order valence-corrected chi connectivity index (χ2v) is 8.22. The lowest BCUT2D eigenvalue weighted by Crippen LogP contribution is -2.39. The third-order valence-electron chi connectivity index (χ3n) is 5.28. The van der Waals surface area contributed by atoms with Crippen LogP contribution >= 0.6 is 11.3 Å². The zero-order chi connectivity index (χ0) is 18.5. The Labute approximate surface area is 160 Å². The highest BCUT2D eigenvalue weighted by molar-refractivity contribution is 7.10. The van der Waals surface area contributed by atoms with Gasteiger partial charge in [0.05, 0.1) is 7.11 Å². The first-order valence-corrected chi connectivity index (χ1v) is 10.1. The van der Waals surface area contributed by atoms with Gasteiger partial charge in [-0.15, -0.1) is 11.3 Å². The van der Waals surface area contributed by atoms with E-state index >= 15 is 0 Å². The van der Waals surface area contributed by atoms with E-state index in [1.807, 2.05) is 29.5 Å². The first-order chi connectivity index (χ1) is 12.6. The molecule has 0 aliphatic heterocycles. The van der Waals surface area contributed by atoms with Crippen LogP contribution in [0.15, 0.2) is 41.8 Å². The van der Waals surface area contributed by atoms with Gasteiger partial charge in [-0.25, -0.2) is 0 Å². The van der Waals surface area contributed by atoms with Gasteiger partial charge in [0.15, 0.2) is 0 Å². The van der Waals surface area contributed by atoms with Gasteiger partial charge in [-0.2, -0.15) is 0 Å². The van der Waals surface area contributed by atoms with Crippen LogP contribution < -0.4 is 10.1 Å². The van der Waals surface area contributed by atoms with Crippen molar-refractivity contribution >= 4 is 17.2 Å². The molecule has 140 valence electrons. The second-order valence-electron chi connectivity index (χ2n) is 7.24. The molecule has 3 rings (SSSR count). The van der Waals surface area contributed by atoms with Crippen LogP contribution in [0.4, 0.5) is 0 Å². The van der Waals surface area contributed by atoms with Crippen molar-refractivity contribution in [1.29, 1.82) is 0 Å². The van der Waals surface area contributed by atoms with Crippen LogP contribution in [0.1, 0.15) is 47.0 Å². The quantitative estimate of drug-likeness (QED) is 0.820. The molecule has 1 atom stereocenters. The molecule has 1 aliphatic carbocycles. The van der Waals surface area contributed by atoms with Crippen molar-refractivity contribution in [3.8, 4) is 5.75 Å². The molecule has 1 aromatic heterocycles. The van der Waals surface area contributed by atoms with Gasteiger partial charge in [-0.1, -0.05) is 12.1 Å². The summed E-state index contributed by atoms with van der Waals surface area (Å²) in [6.45, 7) is 0. The summed E-state index contributed by atoms with van der Waals surface area (Å²) in [5.41, 5.74) is 0.663. The zero-order valence-corrected chi connectivity index (χ0v) is 16.6. The fourth-order valence-electron chi connectivity index (χ4n) is 3.98. The largest absolute Gasteiger partial charge is 0.497 e. The average molecular weight is 373 g/mol. The molecule has 1 saturated carbocycles. The highest BCUT2D eigenvalue weighted by atomic mass is 32.1. The maximum absolute atomic E-state index is 12.5. The van der Waals surface area contributed by atoms with Gasteiger partial charge in [0.1, 0.15) is 5.75 Å². The predicted molar refractivity (Wildman–Crippen MR) is 107 cm³/mol. The molecule has 1 N–H and O–H groups in total. The number of amides is 1. The highest BCUT2D eigenvalue weighted by Gasteiger charge is 2.31. The van der Waals surface area contributed by atoms with E-state index in [1.54, 1.807) is 13.2 Å². The van der Waals surface area contributed by atoms with Gasteiger partial charge >= 0.3 is 0 Å². The van der Waals surface area contributed by atoms with Crippen LogP contribution in [-0.4, -0.2) is 38.1 Å². The molecule has 1 amide bonds. The summed E-state index contributed by atoms with van der Waals surface area (Å²) in [7, 11) is 5.95. The molecule has 0 bridgehead atoms. The fourth-order valence-corrected chi connectivity index (χ4v) is 4.99. The molecule has 0 spiro atoms. The average Bonchev–Trinajstić information content (AvgIpc) is 3.17. The number of hydrogen-bond donors (Lipinski definition) is 1. The molecule has 1 heterocycles. The first-order valence-electron chi connectivity index (χ1n) is 9.23. The Morgan fingerprint density at radius 2 is 1.96 bits per heavy atom. The number of benzene rings is 1. The van der Waals surface area contributed by atoms with Crippen molar-refractivity contribution in [2.24, 2.45) is 5.92 Å². The molecule has 1 unspecified atom stereocenters. The number of carbonyl (C=O) groups excluding carboxylic acids is 1. The van der Waals surface area contributed by atoms with Crippen LogP contribution in [0.25, 0.3) is 0 Å². The number of hydrogen-bond acceptors (Lipinski definition) is 4. The molecular formula is C21H28N2O2S. The minimum absolute atomic E-state index is 0.00485. The number of carbonyl (C=O) groups is 1. The third-order valence-corrected chi connectivity index (χ3v) is 6.22. The molecule has 1 aromatic carbocycles. The lowest BCUT2D eigenvalue weighted by atomic mass is 9.80. The Morgan fingerprint density at radius 1 is 1.19 bits per heavy atom. The number of thiophene rings is 1. The van der Waals surface area contributed by atoms with Crippen molar-refractivity contribution in [1.82, 2.24) is 10.2 Å². The number of nitrogens with zero attached hydrogens (tertiary/aromatic N) is 1. The normalized spacial score (nSPS) is 21.4. The van der Waals surface area contributed by atoms with E-state index in [2.05, 4.69) is 41.8 Å². The third kappa shape index (κ3) is 4.46. The van der Waals surface area contributed by atoms with E-state index in [0.717, 1.165) is 25.7 Å². The zero-order valence-electron chi connectivity index (χ0n) is 15.8. The molecule has 26 heavy (non-hydrogen) atoms. The van der Waals surface area contributed by atoms with Crippen LogP contribution in [-0.2, 0) is 0 Å². The number of nitrogens with one attached hydrogen (secondary N) is 1. The topological polar surface area (TPSA) is 41.6 Å². The second kappa shape index (κ2) is 8.69. The van der Waals surface area contributed by atoms with Crippen molar-refractivity contribution in [2.75, 3.05) is 21.2 Å². The van der Waals surface area contributed by atoms with Gasteiger partial charge in [0.25, 0.3) is 5.91 Å². The van der Waals surface area contributed by atoms with Crippen LogP contribution in [0, 0.1) is 5.92 Å². The summed E-state index contributed by atoms with van der Waals surface area (Å²) in [5.74, 6) is 1.36. The van der Waals surface area contributed by atoms with Gasteiger partial charge in [-0.05, 0) is 75.3 Å². The van der Waals surface area contributed by atoms with Gasteiger partial charge in [0.2, 0.25) is 0 Å². The highest BCUT2D eigenvalue weighted by Crippen LogP contribution is 2.39. The van der Waals surface area contributed by atoms with Gasteiger partial charge in [-0.3, -0.25) is 4.79 Å². The summed E-state index contributed by atoms with van der Waals surface area (Å²) in [5, 5.41) is 5.36. The summed E-state index contributed by atoms with van der Waals surface area (Å²) < 4.78 is 5.21. The van der Waals surface area contributed by atoms with E-state index in [0.29, 0.717) is 23.3 Å². The van der Waals surface area contributed by atoms with E-state index in [1.165, 1.54) is 4.88 Å². The van der Waals surface area contributed by atoms with E-state index < -0.39 is 0 Å². The number of rotatable bonds is 6. The predicted octanol–water partition coefficient (Wildman–Crippen LogP) is 4.35. The van der Waals surface area contributed by atoms with Crippen molar-refractivity contribution in [2.45, 2.75) is 37.8 Å². The Balaban J connectivity index is 1.57. The summed E-state index contributed by atoms with van der Waals surface area (Å²) >= 11 is 1.84. The Bertz CT molecular complexity index is 707. The maximum Gasteiger partial charge on any atom is 0.251 e. The van der Waals surface area contributed by atoms with Gasteiger partial charge in [0, 0.05) is 22.5 Å². The molecule has 1 aliphatic rings. The molecule has 5 heteroatoms. The Hall–Kier alpha value is -1.85. The molecule has 1 fully saturated rings. The van der Waals surface area contributed by atoms with Gasteiger partial charge < -0.3 is 15.0 Å². The number of methoxy groups -OCH3 is 1. The monoisotopic (exact) mass is 372 g/mol. The molecular weight excluding hydrogens is 344 g/mol. The lowest BCUT2D eigenvalue weighted by molar-refractivity contribution is 0.0907. The SMILES string of the molecule is COc1cccc(C(=O)NC2CCC(C(c3cccs3)N(C)C)CC2)c1. The van der Waals surface area contributed by atoms with Crippen LogP contribution in [0.2, 0.25) is 0 Å². The summed E-state index contributed by atoms with van der Waals surface area (Å²) in [4.78, 5) is 16.3. The minimum atomic E-state index is -0.00485. The lowest BCUT2D eigenvalue weighted by Gasteiger charge is -2.37. The molecule has 4 nitrogen and oxygen atoms in total. The van der Waals surface area contributed by atoms with Crippen LogP contribution in [0.5, 0.6) is 5.75 Å². The maximum atomic E-state index is 12.5. The molecule has 0 radical (unpaired) electrons. The first kappa shape index (κ1) is 18.9. The van der Waals surface area contributed by atoms with Crippen molar-refractivity contribution in [3.63, 3.8) is 0 Å². The van der Waals surface area contributed by atoms with E-state index in [-0.39, 0.29) is 11.9 Å². The standard InChI is InChI=1S/C21H28N2O2S/c1-23(2)20(19-8-5-13-26-19)15-9-11-17(12-10-15)22-21(24)16-6-4-7-18(14-16)25-3/h4-8,13-15,17,20H,9-12H2,1-3H3,(H,22,24). The van der Waals surface area contributed by atoms with Crippen molar-refractivity contribution < 1.29 is 9.53 Å². The summed E-state index contributed by atoms with van der Waals surface area (Å²) in [6, 6.07) is 12.5. The Kier molecular flexibility index (Phi) is 6.33. The Morgan fingerprint density at radius 3 is 2.58 bits per heavy atom. The minimum Gasteiger partial charge on any atom is -0.497 e. The van der Waals surface area contributed by atoms with E-state index in [4.69, 9.17) is 4.74 Å². The molecule has 0 saturated heterocycles. The summed E-state index contributed by atoms with van der Waals surface area (Å²) in [6.07, 6.45) is 4.36. The molecule has 2 aromatic rings.